The maximum absolute atomic E-state index is 6.70. The van der Waals surface area contributed by atoms with Crippen molar-refractivity contribution in [3.05, 3.63) is 60.7 Å². The van der Waals surface area contributed by atoms with Crippen molar-refractivity contribution in [3.63, 3.8) is 0 Å². The molecule has 0 radical (unpaired) electrons. The van der Waals surface area contributed by atoms with Gasteiger partial charge < -0.3 is 0 Å². The van der Waals surface area contributed by atoms with Crippen molar-refractivity contribution in [2.75, 3.05) is 0 Å². The van der Waals surface area contributed by atoms with Gasteiger partial charge in [0.2, 0.25) is 0 Å². The summed E-state index contributed by atoms with van der Waals surface area (Å²) in [7, 11) is -2.27. The van der Waals surface area contributed by atoms with Crippen LogP contribution in [-0.4, -0.2) is 39.7 Å². The van der Waals surface area contributed by atoms with Crippen LogP contribution in [0, 0.1) is 0 Å². The fourth-order valence-electron chi connectivity index (χ4n) is 4.67. The molecule has 1 aliphatic rings. The molecule has 0 spiro atoms. The molecule has 150 valence electrons. The van der Waals surface area contributed by atoms with Gasteiger partial charge in [-0.1, -0.05) is 0 Å². The number of hydrogen-bond donors (Lipinski definition) is 0. The predicted molar refractivity (Wildman–Crippen MR) is 127 cm³/mol. The number of hydrogen-bond acceptors (Lipinski definition) is 2. The molecule has 1 fully saturated rings. The van der Waals surface area contributed by atoms with E-state index in [0.29, 0.717) is 4.27 Å². The monoisotopic (exact) mass is 456 g/mol. The minimum absolute atomic E-state index is 0.151. The molecule has 0 aromatic heterocycles. The molecule has 5 heteroatoms. The number of rotatable bonds is 5. The van der Waals surface area contributed by atoms with E-state index in [1.807, 2.05) is 0 Å². The van der Waals surface area contributed by atoms with Gasteiger partial charge in [-0.05, 0) is 0 Å². The van der Waals surface area contributed by atoms with Crippen LogP contribution >= 0.6 is 0 Å². The van der Waals surface area contributed by atoms with E-state index in [-0.39, 0.29) is 18.3 Å². The van der Waals surface area contributed by atoms with E-state index in [1.165, 1.54) is 10.4 Å². The molecule has 0 amide bonds. The van der Waals surface area contributed by atoms with Gasteiger partial charge in [-0.3, -0.25) is 0 Å². The molecule has 3 rings (SSSR count). The number of benzene rings is 2. The normalized spacial score (nSPS) is 20.2. The van der Waals surface area contributed by atoms with E-state index in [9.17, 15) is 0 Å². The van der Waals surface area contributed by atoms with Gasteiger partial charge in [0, 0.05) is 0 Å². The Labute approximate surface area is 175 Å². The van der Waals surface area contributed by atoms with Crippen LogP contribution in [0.1, 0.15) is 27.7 Å². The Balaban J connectivity index is 2.21. The summed E-state index contributed by atoms with van der Waals surface area (Å²) in [6, 6.07) is 22.3. The molecule has 2 nitrogen and oxygen atoms in total. The second-order valence-electron chi connectivity index (χ2n) is 10.4. The van der Waals surface area contributed by atoms with Gasteiger partial charge in [0.15, 0.2) is 0 Å². The van der Waals surface area contributed by atoms with Crippen molar-refractivity contribution < 1.29 is 9.31 Å². The molecule has 0 bridgehead atoms. The van der Waals surface area contributed by atoms with E-state index in [2.05, 4.69) is 112 Å². The molecule has 0 saturated carbocycles. The van der Waals surface area contributed by atoms with Crippen molar-refractivity contribution in [2.45, 2.75) is 67.0 Å². The Kier molecular flexibility index (Phi) is 5.83. The SMILES string of the molecule is CC1(C)OB([CH]([Si](C)(c2ccccc2)c2ccccc2)[Ge]([CH3])([CH3])[CH3])OC1(C)C. The second kappa shape index (κ2) is 7.46. The maximum atomic E-state index is 6.70. The van der Waals surface area contributed by atoms with Gasteiger partial charge in [-0.25, -0.2) is 0 Å². The quantitative estimate of drug-likeness (QED) is 0.606. The first-order valence-corrected chi connectivity index (χ1v) is 20.4. The molecule has 1 aliphatic heterocycles. The Morgan fingerprint density at radius 2 is 1.11 bits per heavy atom. The Morgan fingerprint density at radius 1 is 0.750 bits per heavy atom. The van der Waals surface area contributed by atoms with Crippen molar-refractivity contribution >= 4 is 38.8 Å². The van der Waals surface area contributed by atoms with Crippen LogP contribution in [0.15, 0.2) is 60.7 Å². The fraction of sp³-hybridized carbons (Fsp3) is 0.478. The fourth-order valence-corrected chi connectivity index (χ4v) is 24.9. The standard InChI is InChI=1S/C23H35BGeO2Si/c1-22(2)23(3,4)27-24(26-22)21(25(5,6)7)28(8,19-15-11-9-12-16-19)20-17-13-10-14-18-20/h9-18,21H,1-8H3. The van der Waals surface area contributed by atoms with Crippen LogP contribution in [-0.2, 0) is 9.31 Å². The third-order valence-electron chi connectivity index (χ3n) is 6.85. The molecular formula is C23H35BGeO2Si. The molecular weight excluding hydrogens is 420 g/mol. The molecule has 28 heavy (non-hydrogen) atoms. The van der Waals surface area contributed by atoms with Gasteiger partial charge in [-0.2, -0.15) is 0 Å². The molecule has 2 aromatic carbocycles. The van der Waals surface area contributed by atoms with E-state index in [4.69, 9.17) is 9.31 Å². The van der Waals surface area contributed by atoms with Gasteiger partial charge >= 0.3 is 176 Å². The summed E-state index contributed by atoms with van der Waals surface area (Å²) in [5.74, 6) is 7.56. The zero-order chi connectivity index (χ0) is 20.8. The van der Waals surface area contributed by atoms with Gasteiger partial charge in [0.1, 0.15) is 0 Å². The van der Waals surface area contributed by atoms with E-state index in [1.54, 1.807) is 0 Å². The van der Waals surface area contributed by atoms with Gasteiger partial charge in [-0.15, -0.1) is 0 Å². The molecule has 1 saturated heterocycles. The molecule has 2 aromatic rings. The van der Waals surface area contributed by atoms with E-state index >= 15 is 0 Å². The third-order valence-corrected chi connectivity index (χ3v) is 24.0. The van der Waals surface area contributed by atoms with Gasteiger partial charge in [0.05, 0.1) is 0 Å². The summed E-state index contributed by atoms with van der Waals surface area (Å²) in [6.07, 6.45) is 0. The minimum atomic E-state index is -2.26. The molecule has 0 aliphatic carbocycles. The first-order chi connectivity index (χ1) is 12.9. The summed E-state index contributed by atoms with van der Waals surface area (Å²) in [5.41, 5.74) is -0.599. The van der Waals surface area contributed by atoms with E-state index < -0.39 is 21.3 Å². The van der Waals surface area contributed by atoms with Crippen molar-refractivity contribution in [3.8, 4) is 0 Å². The van der Waals surface area contributed by atoms with Crippen LogP contribution < -0.4 is 10.4 Å². The molecule has 1 heterocycles. The third kappa shape index (κ3) is 3.81. The zero-order valence-corrected chi connectivity index (χ0v) is 21.8. The Hall–Kier alpha value is -0.815. The summed E-state index contributed by atoms with van der Waals surface area (Å²) in [6.45, 7) is 11.2. The summed E-state index contributed by atoms with van der Waals surface area (Å²) < 4.78 is 13.8. The van der Waals surface area contributed by atoms with Crippen LogP contribution in [0.5, 0.6) is 0 Å². The Morgan fingerprint density at radius 3 is 1.43 bits per heavy atom. The first-order valence-electron chi connectivity index (χ1n) is 10.4. The van der Waals surface area contributed by atoms with Gasteiger partial charge in [0.25, 0.3) is 0 Å². The summed E-state index contributed by atoms with van der Waals surface area (Å²) in [4.78, 5) is 0. The topological polar surface area (TPSA) is 18.5 Å². The molecule has 0 N–H and O–H groups in total. The van der Waals surface area contributed by atoms with Crippen LogP contribution in [0.2, 0.25) is 28.1 Å². The van der Waals surface area contributed by atoms with Crippen LogP contribution in [0.3, 0.4) is 0 Å². The molecule has 1 atom stereocenters. The summed E-state index contributed by atoms with van der Waals surface area (Å²) >= 11 is -2.26. The second-order valence-corrected chi connectivity index (χ2v) is 27.0. The van der Waals surface area contributed by atoms with E-state index in [0.717, 1.165) is 0 Å². The average molecular weight is 455 g/mol. The Bertz CT molecular complexity index is 747. The molecule has 1 unspecified atom stereocenters. The van der Waals surface area contributed by atoms with Crippen LogP contribution in [0.25, 0.3) is 0 Å². The zero-order valence-electron chi connectivity index (χ0n) is 18.7. The van der Waals surface area contributed by atoms with Crippen molar-refractivity contribution in [1.29, 1.82) is 0 Å². The van der Waals surface area contributed by atoms with Crippen molar-refractivity contribution in [1.82, 2.24) is 0 Å². The summed E-state index contributed by atoms with van der Waals surface area (Å²) in [5, 5.41) is 2.95. The average Bonchev–Trinajstić information content (AvgIpc) is 2.82. The predicted octanol–water partition coefficient (Wildman–Crippen LogP) is 4.76. The first kappa shape index (κ1) is 21.9. The van der Waals surface area contributed by atoms with Crippen molar-refractivity contribution in [2.24, 2.45) is 0 Å². The van der Waals surface area contributed by atoms with Crippen LogP contribution in [0.4, 0.5) is 0 Å².